The average molecular weight is 278 g/mol. The molecule has 1 unspecified atom stereocenters. The zero-order valence-electron chi connectivity index (χ0n) is 12.5. The second kappa shape index (κ2) is 9.50. The van der Waals surface area contributed by atoms with Crippen molar-refractivity contribution in [3.63, 3.8) is 0 Å². The zero-order chi connectivity index (χ0) is 14.8. The summed E-state index contributed by atoms with van der Waals surface area (Å²) in [7, 11) is 0. The molecule has 0 radical (unpaired) electrons. The average Bonchev–Trinajstić information content (AvgIpc) is 2.50. The van der Waals surface area contributed by atoms with Crippen molar-refractivity contribution < 1.29 is 9.53 Å². The maximum atomic E-state index is 11.4. The van der Waals surface area contributed by atoms with E-state index in [0.29, 0.717) is 6.61 Å². The Morgan fingerprint density at radius 2 is 1.95 bits per heavy atom. The molecule has 4 heteroatoms. The normalized spacial score (nSPS) is 12.2. The number of hydrogen-bond acceptors (Lipinski definition) is 3. The Balaban J connectivity index is 2.33. The van der Waals surface area contributed by atoms with Crippen LogP contribution in [0.25, 0.3) is 0 Å². The van der Waals surface area contributed by atoms with Gasteiger partial charge in [0.05, 0.1) is 12.5 Å². The molecular formula is C16H26N2O2. The number of amides is 1. The van der Waals surface area contributed by atoms with Gasteiger partial charge in [-0.15, -0.1) is 0 Å². The van der Waals surface area contributed by atoms with Gasteiger partial charge >= 0.3 is 0 Å². The third-order valence-electron chi connectivity index (χ3n) is 3.43. The van der Waals surface area contributed by atoms with Gasteiger partial charge in [-0.3, -0.25) is 10.2 Å². The predicted molar refractivity (Wildman–Crippen MR) is 81.0 cm³/mol. The first-order chi connectivity index (χ1) is 9.69. The molecule has 1 aromatic carbocycles. The van der Waals surface area contributed by atoms with E-state index in [9.17, 15) is 4.79 Å². The number of benzene rings is 1. The van der Waals surface area contributed by atoms with Crippen LogP contribution >= 0.6 is 0 Å². The molecule has 1 aromatic rings. The summed E-state index contributed by atoms with van der Waals surface area (Å²) in [6.07, 6.45) is 4.88. The first-order valence-corrected chi connectivity index (χ1v) is 7.36. The van der Waals surface area contributed by atoms with Crippen LogP contribution in [0.2, 0.25) is 0 Å². The Hall–Kier alpha value is -1.39. The minimum absolute atomic E-state index is 0.176. The van der Waals surface area contributed by atoms with Crippen LogP contribution in [0.3, 0.4) is 0 Å². The Kier molecular flexibility index (Phi) is 7.92. The van der Waals surface area contributed by atoms with Crippen molar-refractivity contribution in [3.05, 3.63) is 35.4 Å². The van der Waals surface area contributed by atoms with E-state index in [4.69, 9.17) is 10.6 Å². The van der Waals surface area contributed by atoms with Gasteiger partial charge in [-0.1, -0.05) is 50.5 Å². The first kappa shape index (κ1) is 16.7. The summed E-state index contributed by atoms with van der Waals surface area (Å²) >= 11 is 0. The first-order valence-electron chi connectivity index (χ1n) is 7.36. The lowest BCUT2D eigenvalue weighted by atomic mass is 9.99. The molecule has 0 saturated heterocycles. The molecule has 4 nitrogen and oxygen atoms in total. The Morgan fingerprint density at radius 1 is 1.25 bits per heavy atom. The number of unbranched alkanes of at least 4 members (excludes halogenated alkanes) is 3. The van der Waals surface area contributed by atoms with Gasteiger partial charge in [0, 0.05) is 6.61 Å². The molecule has 20 heavy (non-hydrogen) atoms. The molecule has 0 saturated carbocycles. The lowest BCUT2D eigenvalue weighted by Crippen LogP contribution is -2.33. The van der Waals surface area contributed by atoms with Gasteiger partial charge in [0.2, 0.25) is 5.91 Å². The summed E-state index contributed by atoms with van der Waals surface area (Å²) in [5.41, 5.74) is 4.26. The fourth-order valence-corrected chi connectivity index (χ4v) is 2.00. The second-order valence-electron chi connectivity index (χ2n) is 5.09. The van der Waals surface area contributed by atoms with Crippen LogP contribution in [-0.4, -0.2) is 12.5 Å². The number of hydrogen-bond donors (Lipinski definition) is 2. The van der Waals surface area contributed by atoms with Crippen molar-refractivity contribution >= 4 is 5.91 Å². The number of hydrazine groups is 1. The van der Waals surface area contributed by atoms with Gasteiger partial charge in [-0.2, -0.15) is 0 Å². The highest BCUT2D eigenvalue weighted by Crippen LogP contribution is 2.16. The highest BCUT2D eigenvalue weighted by atomic mass is 16.5. The molecule has 1 amide bonds. The van der Waals surface area contributed by atoms with Gasteiger partial charge in [0.25, 0.3) is 0 Å². The van der Waals surface area contributed by atoms with Crippen LogP contribution in [0.15, 0.2) is 24.3 Å². The van der Waals surface area contributed by atoms with Crippen LogP contribution < -0.4 is 11.3 Å². The van der Waals surface area contributed by atoms with Crippen LogP contribution in [-0.2, 0) is 16.1 Å². The molecule has 112 valence electrons. The highest BCUT2D eigenvalue weighted by Gasteiger charge is 2.13. The van der Waals surface area contributed by atoms with E-state index < -0.39 is 0 Å². The van der Waals surface area contributed by atoms with Crippen molar-refractivity contribution in [1.29, 1.82) is 0 Å². The van der Waals surface area contributed by atoms with E-state index >= 15 is 0 Å². The van der Waals surface area contributed by atoms with Crippen LogP contribution in [0.4, 0.5) is 0 Å². The molecule has 0 aliphatic heterocycles. The third-order valence-corrected chi connectivity index (χ3v) is 3.43. The number of nitrogens with one attached hydrogen (secondary N) is 1. The van der Waals surface area contributed by atoms with Gasteiger partial charge in [-0.25, -0.2) is 5.84 Å². The molecule has 3 N–H and O–H groups in total. The molecule has 0 bridgehead atoms. The quantitative estimate of drug-likeness (QED) is 0.316. The topological polar surface area (TPSA) is 64.3 Å². The van der Waals surface area contributed by atoms with Crippen LogP contribution in [0, 0.1) is 0 Å². The number of carbonyl (C=O) groups excluding carboxylic acids is 1. The Labute approximate surface area is 121 Å². The summed E-state index contributed by atoms with van der Waals surface area (Å²) in [5, 5.41) is 0. The number of rotatable bonds is 9. The summed E-state index contributed by atoms with van der Waals surface area (Å²) in [6.45, 7) is 5.48. The molecule has 0 aromatic heterocycles. The van der Waals surface area contributed by atoms with Crippen molar-refractivity contribution in [3.8, 4) is 0 Å². The fourth-order valence-electron chi connectivity index (χ4n) is 2.00. The second-order valence-corrected chi connectivity index (χ2v) is 5.09. The van der Waals surface area contributed by atoms with Crippen LogP contribution in [0.5, 0.6) is 0 Å². The van der Waals surface area contributed by atoms with E-state index in [0.717, 1.165) is 24.2 Å². The molecule has 0 aliphatic rings. The molecule has 1 atom stereocenters. The van der Waals surface area contributed by atoms with Gasteiger partial charge in [0.1, 0.15) is 0 Å². The Bertz CT molecular complexity index is 390. The van der Waals surface area contributed by atoms with Gasteiger partial charge in [0.15, 0.2) is 0 Å². The van der Waals surface area contributed by atoms with Crippen LogP contribution in [0.1, 0.15) is 56.6 Å². The van der Waals surface area contributed by atoms with Gasteiger partial charge < -0.3 is 4.74 Å². The maximum absolute atomic E-state index is 11.4. The van der Waals surface area contributed by atoms with Crippen molar-refractivity contribution in [2.45, 2.75) is 52.1 Å². The monoisotopic (exact) mass is 278 g/mol. The van der Waals surface area contributed by atoms with Gasteiger partial charge in [-0.05, 0) is 24.5 Å². The third kappa shape index (κ3) is 5.72. The van der Waals surface area contributed by atoms with Crippen molar-refractivity contribution in [2.24, 2.45) is 5.84 Å². The Morgan fingerprint density at radius 3 is 2.55 bits per heavy atom. The number of nitrogens with two attached hydrogens (primary N) is 1. The molecular weight excluding hydrogens is 252 g/mol. The fraction of sp³-hybridized carbons (Fsp3) is 0.562. The largest absolute Gasteiger partial charge is 0.377 e. The summed E-state index contributed by atoms with van der Waals surface area (Å²) in [6, 6.07) is 7.91. The molecule has 0 spiro atoms. The lowest BCUT2D eigenvalue weighted by Gasteiger charge is -2.11. The predicted octanol–water partition coefficient (Wildman–Crippen LogP) is 2.88. The van der Waals surface area contributed by atoms with E-state index in [1.54, 1.807) is 0 Å². The smallest absolute Gasteiger partial charge is 0.241 e. The molecule has 0 heterocycles. The summed E-state index contributed by atoms with van der Waals surface area (Å²) in [5.74, 6) is 4.73. The molecule has 1 rings (SSSR count). The van der Waals surface area contributed by atoms with Crippen molar-refractivity contribution in [2.75, 3.05) is 6.61 Å². The number of ether oxygens (including phenoxy) is 1. The number of carbonyl (C=O) groups is 1. The lowest BCUT2D eigenvalue weighted by molar-refractivity contribution is -0.122. The molecule has 0 fully saturated rings. The van der Waals surface area contributed by atoms with E-state index in [1.807, 2.05) is 31.2 Å². The van der Waals surface area contributed by atoms with E-state index in [1.165, 1.54) is 19.3 Å². The summed E-state index contributed by atoms with van der Waals surface area (Å²) in [4.78, 5) is 11.4. The molecule has 0 aliphatic carbocycles. The highest BCUT2D eigenvalue weighted by molar-refractivity contribution is 5.82. The van der Waals surface area contributed by atoms with E-state index in [-0.39, 0.29) is 11.8 Å². The standard InChI is InChI=1S/C16H26N2O2/c1-3-4-5-6-11-20-12-14-7-9-15(10-8-14)13(2)16(19)18-17/h7-10,13H,3-6,11-12,17H2,1-2H3,(H,18,19). The van der Waals surface area contributed by atoms with E-state index in [2.05, 4.69) is 12.3 Å². The zero-order valence-corrected chi connectivity index (χ0v) is 12.5. The minimum Gasteiger partial charge on any atom is -0.377 e. The van der Waals surface area contributed by atoms with Crippen molar-refractivity contribution in [1.82, 2.24) is 5.43 Å². The SMILES string of the molecule is CCCCCCOCc1ccc(C(C)C(=O)NN)cc1. The minimum atomic E-state index is -0.232. The summed E-state index contributed by atoms with van der Waals surface area (Å²) < 4.78 is 5.64. The maximum Gasteiger partial charge on any atom is 0.241 e.